The van der Waals surface area contributed by atoms with Gasteiger partial charge >= 0.3 is 12.4 Å². The first-order chi connectivity index (χ1) is 12.6. The lowest BCUT2D eigenvalue weighted by Crippen LogP contribution is -2.39. The molecule has 0 N–H and O–H groups in total. The maximum atomic E-state index is 13.3. The van der Waals surface area contributed by atoms with Gasteiger partial charge in [-0.05, 0) is 23.7 Å². The summed E-state index contributed by atoms with van der Waals surface area (Å²) in [5.41, 5.74) is -3.67. The minimum Gasteiger partial charge on any atom is -0.266 e. The van der Waals surface area contributed by atoms with Crippen molar-refractivity contribution >= 4 is 23.1 Å². The molecule has 2 heterocycles. The van der Waals surface area contributed by atoms with Gasteiger partial charge < -0.3 is 0 Å². The van der Waals surface area contributed by atoms with Crippen LogP contribution >= 0.6 is 11.5 Å². The predicted molar refractivity (Wildman–Crippen MR) is 80.8 cm³/mol. The van der Waals surface area contributed by atoms with Crippen LogP contribution in [0.2, 0.25) is 0 Å². The topological polar surface area (TPSA) is 63.9 Å². The zero-order chi connectivity index (χ0) is 19.8. The lowest BCUT2D eigenvalue weighted by molar-refractivity contribution is -0.144. The van der Waals surface area contributed by atoms with Gasteiger partial charge in [0, 0.05) is 6.07 Å². The van der Waals surface area contributed by atoms with Crippen LogP contribution in [0.1, 0.15) is 21.1 Å². The molecular weight excluding hydrogens is 400 g/mol. The zero-order valence-electron chi connectivity index (χ0n) is 12.9. The zero-order valence-corrected chi connectivity index (χ0v) is 13.7. The molecule has 3 rings (SSSR count). The molecule has 2 aromatic heterocycles. The minimum absolute atomic E-state index is 0.111. The fourth-order valence-corrected chi connectivity index (χ4v) is 2.55. The molecule has 0 aliphatic heterocycles. The van der Waals surface area contributed by atoms with Crippen molar-refractivity contribution in [3.05, 3.63) is 58.9 Å². The van der Waals surface area contributed by atoms with E-state index in [1.165, 1.54) is 30.3 Å². The molecule has 3 aromatic rings. The van der Waals surface area contributed by atoms with E-state index in [1.54, 1.807) is 0 Å². The van der Waals surface area contributed by atoms with E-state index in [0.717, 1.165) is 6.20 Å². The summed E-state index contributed by atoms with van der Waals surface area (Å²) in [4.78, 5) is 12.4. The monoisotopic (exact) mass is 407 g/mol. The summed E-state index contributed by atoms with van der Waals surface area (Å²) in [6, 6.07) is 6.68. The van der Waals surface area contributed by atoms with E-state index in [2.05, 4.69) is 14.7 Å². The summed E-state index contributed by atoms with van der Waals surface area (Å²) in [7, 11) is 0. The normalized spacial score (nSPS) is 12.2. The Balaban J connectivity index is 2.24. The molecular formula is C14H7F6N5OS. The third-order valence-electron chi connectivity index (χ3n) is 3.23. The number of hydrogen-bond acceptors (Lipinski definition) is 5. The summed E-state index contributed by atoms with van der Waals surface area (Å²) < 4.78 is 82.3. The molecule has 0 radical (unpaired) electrons. The van der Waals surface area contributed by atoms with Crippen molar-refractivity contribution in [2.24, 2.45) is 0 Å². The first-order valence-corrected chi connectivity index (χ1v) is 7.78. The highest BCUT2D eigenvalue weighted by Crippen LogP contribution is 2.36. The van der Waals surface area contributed by atoms with Crippen molar-refractivity contribution in [3.63, 3.8) is 0 Å². The van der Waals surface area contributed by atoms with Gasteiger partial charge in [0.25, 0.3) is 5.91 Å². The molecule has 1 aromatic carbocycles. The summed E-state index contributed by atoms with van der Waals surface area (Å²) in [6.07, 6.45) is -9.34. The van der Waals surface area contributed by atoms with Gasteiger partial charge in [-0.3, -0.25) is 4.79 Å². The molecule has 1 amide bonds. The smallest absolute Gasteiger partial charge is 0.266 e. The molecule has 0 unspecified atom stereocenters. The maximum Gasteiger partial charge on any atom is 0.435 e. The van der Waals surface area contributed by atoms with Gasteiger partial charge in [0.2, 0.25) is 0 Å². The molecule has 0 saturated heterocycles. The van der Waals surface area contributed by atoms with Crippen LogP contribution in [0.3, 0.4) is 0 Å². The number of alkyl halides is 6. The predicted octanol–water partition coefficient (Wildman–Crippen LogP) is 3.88. The Morgan fingerprint density at radius 3 is 2.22 bits per heavy atom. The highest BCUT2D eigenvalue weighted by Gasteiger charge is 2.44. The van der Waals surface area contributed by atoms with E-state index in [1.807, 2.05) is 0 Å². The second kappa shape index (κ2) is 6.64. The van der Waals surface area contributed by atoms with E-state index >= 15 is 0 Å². The first kappa shape index (κ1) is 18.8. The third kappa shape index (κ3) is 3.77. The largest absolute Gasteiger partial charge is 0.435 e. The van der Waals surface area contributed by atoms with Gasteiger partial charge in [0.05, 0.1) is 11.9 Å². The van der Waals surface area contributed by atoms with E-state index in [0.29, 0.717) is 16.5 Å². The van der Waals surface area contributed by atoms with E-state index in [-0.39, 0.29) is 21.4 Å². The number of carbonyl (C=O) groups is 1. The van der Waals surface area contributed by atoms with Crippen molar-refractivity contribution in [3.8, 4) is 0 Å². The molecule has 0 saturated carbocycles. The molecule has 27 heavy (non-hydrogen) atoms. The molecule has 142 valence electrons. The van der Waals surface area contributed by atoms with Crippen molar-refractivity contribution < 1.29 is 31.1 Å². The van der Waals surface area contributed by atoms with Crippen LogP contribution in [0.15, 0.2) is 42.6 Å². The van der Waals surface area contributed by atoms with Crippen LogP contribution in [-0.4, -0.2) is 25.4 Å². The fraction of sp³-hybridized carbons (Fsp3) is 0.143. The molecule has 0 spiro atoms. The molecule has 13 heteroatoms. The van der Waals surface area contributed by atoms with Crippen LogP contribution in [0.5, 0.6) is 0 Å². The van der Waals surface area contributed by atoms with Crippen molar-refractivity contribution in [2.45, 2.75) is 12.4 Å². The van der Waals surface area contributed by atoms with Crippen molar-refractivity contribution in [1.29, 1.82) is 0 Å². The number of rotatable bonds is 3. The third-order valence-corrected chi connectivity index (χ3v) is 3.88. The summed E-state index contributed by atoms with van der Waals surface area (Å²) in [6.45, 7) is 0. The summed E-state index contributed by atoms with van der Waals surface area (Å²) >= 11 is 0.577. The number of halogens is 6. The van der Waals surface area contributed by atoms with Crippen LogP contribution in [0, 0.1) is 0 Å². The number of carbonyl (C=O) groups excluding carboxylic acids is 1. The average molecular weight is 407 g/mol. The second-order valence-electron chi connectivity index (χ2n) is 5.03. The molecule has 0 bridgehead atoms. The lowest BCUT2D eigenvalue weighted by Gasteiger charge is -2.24. The number of hydrogen-bond donors (Lipinski definition) is 0. The molecule has 0 fully saturated rings. The lowest BCUT2D eigenvalue weighted by atomic mass is 10.3. The van der Waals surface area contributed by atoms with Crippen molar-refractivity contribution in [2.75, 3.05) is 5.01 Å². The Kier molecular flexibility index (Phi) is 4.63. The minimum atomic E-state index is -5.20. The number of aromatic nitrogens is 4. The standard InChI is InChI=1S/C14H7F6N5OS/c15-13(16,17)10-6-11(14(18,19)20)25(22-10)24(8-4-2-1-3-5-8)12(26)9-7-21-23-27-9/h1-7H. The van der Waals surface area contributed by atoms with Crippen LogP contribution in [0.4, 0.5) is 32.0 Å². The van der Waals surface area contributed by atoms with Crippen LogP contribution in [0.25, 0.3) is 0 Å². The number of benzene rings is 1. The van der Waals surface area contributed by atoms with Gasteiger partial charge in [-0.2, -0.15) is 36.1 Å². The Morgan fingerprint density at radius 2 is 1.70 bits per heavy atom. The van der Waals surface area contributed by atoms with E-state index < -0.39 is 29.6 Å². The molecule has 0 aliphatic carbocycles. The summed E-state index contributed by atoms with van der Waals surface area (Å²) in [5.74, 6) is -1.07. The first-order valence-electron chi connectivity index (χ1n) is 7.00. The van der Waals surface area contributed by atoms with Gasteiger partial charge in [-0.1, -0.05) is 22.7 Å². The van der Waals surface area contributed by atoms with Gasteiger partial charge in [0.15, 0.2) is 11.4 Å². The van der Waals surface area contributed by atoms with Gasteiger partial charge in [-0.25, -0.2) is 0 Å². The number of nitrogens with zero attached hydrogens (tertiary/aromatic N) is 5. The number of anilines is 1. The van der Waals surface area contributed by atoms with Gasteiger partial charge in [-0.15, -0.1) is 10.2 Å². The maximum absolute atomic E-state index is 13.3. The number of para-hydroxylation sites is 1. The van der Waals surface area contributed by atoms with Gasteiger partial charge in [0.1, 0.15) is 4.88 Å². The SMILES string of the molecule is O=C(c1cnns1)N(c1ccccc1)n1nc(C(F)(F)F)cc1C(F)(F)F. The number of amides is 1. The average Bonchev–Trinajstić information content (AvgIpc) is 3.25. The van der Waals surface area contributed by atoms with E-state index in [4.69, 9.17) is 0 Å². The second-order valence-corrected chi connectivity index (χ2v) is 5.82. The molecule has 0 atom stereocenters. The van der Waals surface area contributed by atoms with Crippen LogP contribution < -0.4 is 5.01 Å². The Bertz CT molecular complexity index is 935. The Morgan fingerprint density at radius 1 is 1.04 bits per heavy atom. The Labute approximate surface area is 150 Å². The molecule has 6 nitrogen and oxygen atoms in total. The Hall–Kier alpha value is -2.96. The quantitative estimate of drug-likeness (QED) is 0.619. The highest BCUT2D eigenvalue weighted by atomic mass is 32.1. The highest BCUT2D eigenvalue weighted by molar-refractivity contribution is 7.07. The molecule has 0 aliphatic rings. The van der Waals surface area contributed by atoms with E-state index in [9.17, 15) is 31.1 Å². The van der Waals surface area contributed by atoms with Crippen LogP contribution in [-0.2, 0) is 12.4 Å². The van der Waals surface area contributed by atoms with Crippen molar-refractivity contribution in [1.82, 2.24) is 19.5 Å². The summed E-state index contributed by atoms with van der Waals surface area (Å²) in [5, 5.41) is 6.80. The fourth-order valence-electron chi connectivity index (χ4n) is 2.11.